The number of carbonyl (C=O) groups is 1. The summed E-state index contributed by atoms with van der Waals surface area (Å²) in [4.78, 5) is 14.7. The van der Waals surface area contributed by atoms with Crippen molar-refractivity contribution < 1.29 is 9.90 Å². The molecule has 2 rings (SSSR count). The van der Waals surface area contributed by atoms with Gasteiger partial charge in [0.25, 0.3) is 0 Å². The van der Waals surface area contributed by atoms with Gasteiger partial charge in [0.15, 0.2) is 0 Å². The molecule has 1 aromatic heterocycles. The van der Waals surface area contributed by atoms with E-state index in [2.05, 4.69) is 16.6 Å². The predicted molar refractivity (Wildman–Crippen MR) is 79.0 cm³/mol. The fourth-order valence-corrected chi connectivity index (χ4v) is 3.48. The van der Waals surface area contributed by atoms with Crippen molar-refractivity contribution in [3.8, 4) is 0 Å². The molecule has 104 valence electrons. The number of nitrogens with zero attached hydrogens (tertiary/aromatic N) is 1. The highest BCUT2D eigenvalue weighted by atomic mass is 32.2. The normalized spacial score (nSPS) is 17.9. The van der Waals surface area contributed by atoms with E-state index in [-0.39, 0.29) is 5.69 Å². The monoisotopic (exact) mass is 280 g/mol. The molecule has 5 heteroatoms. The second-order valence-electron chi connectivity index (χ2n) is 5.04. The summed E-state index contributed by atoms with van der Waals surface area (Å²) in [5, 5.41) is 12.3. The van der Waals surface area contributed by atoms with Crippen molar-refractivity contribution in [1.29, 1.82) is 0 Å². The lowest BCUT2D eigenvalue weighted by atomic mass is 9.88. The Hall–Kier alpha value is -1.23. The number of carboxylic acids is 1. The van der Waals surface area contributed by atoms with Crippen LogP contribution in [0, 0.1) is 0 Å². The van der Waals surface area contributed by atoms with E-state index in [1.54, 1.807) is 12.3 Å². The van der Waals surface area contributed by atoms with Crippen molar-refractivity contribution in [2.24, 2.45) is 0 Å². The Morgan fingerprint density at radius 3 is 2.84 bits per heavy atom. The molecule has 0 aliphatic heterocycles. The van der Waals surface area contributed by atoms with E-state index < -0.39 is 5.97 Å². The first-order valence-corrected chi connectivity index (χ1v) is 7.86. The van der Waals surface area contributed by atoms with Gasteiger partial charge in [0.1, 0.15) is 5.69 Å². The van der Waals surface area contributed by atoms with Crippen molar-refractivity contribution in [2.75, 3.05) is 18.1 Å². The number of rotatable bonds is 5. The number of carboxylic acid groups (broad SMARTS) is 1. The van der Waals surface area contributed by atoms with Gasteiger partial charge in [0.05, 0.1) is 0 Å². The summed E-state index contributed by atoms with van der Waals surface area (Å²) in [6.45, 7) is 0.886. The van der Waals surface area contributed by atoms with E-state index in [4.69, 9.17) is 5.11 Å². The molecule has 1 fully saturated rings. The molecule has 0 radical (unpaired) electrons. The maximum Gasteiger partial charge on any atom is 0.354 e. The average Bonchev–Trinajstić information content (AvgIpc) is 2.46. The summed E-state index contributed by atoms with van der Waals surface area (Å²) in [5.74, 6) is -0.985. The minimum absolute atomic E-state index is 0.0897. The number of hydrogen-bond acceptors (Lipinski definition) is 4. The number of aromatic carboxylic acids is 1. The zero-order valence-electron chi connectivity index (χ0n) is 11.2. The summed E-state index contributed by atoms with van der Waals surface area (Å²) in [6.07, 6.45) is 10.1. The van der Waals surface area contributed by atoms with Gasteiger partial charge in [-0.05, 0) is 31.2 Å². The molecular weight excluding hydrogens is 260 g/mol. The molecule has 1 heterocycles. The van der Waals surface area contributed by atoms with Gasteiger partial charge in [0.2, 0.25) is 0 Å². The van der Waals surface area contributed by atoms with Crippen LogP contribution in [0.4, 0.5) is 5.69 Å². The quantitative estimate of drug-likeness (QED) is 0.867. The summed E-state index contributed by atoms with van der Waals surface area (Å²) >= 11 is 1.93. The smallest absolute Gasteiger partial charge is 0.354 e. The van der Waals surface area contributed by atoms with Crippen LogP contribution in [0.2, 0.25) is 0 Å². The number of pyridine rings is 1. The van der Waals surface area contributed by atoms with E-state index >= 15 is 0 Å². The average molecular weight is 280 g/mol. The molecule has 0 atom stereocenters. The molecular formula is C14H20N2O2S. The van der Waals surface area contributed by atoms with Crippen molar-refractivity contribution >= 4 is 23.4 Å². The lowest BCUT2D eigenvalue weighted by Gasteiger charge is -2.36. The Balaban J connectivity index is 2.00. The van der Waals surface area contributed by atoms with Crippen LogP contribution in [0.5, 0.6) is 0 Å². The first-order valence-electron chi connectivity index (χ1n) is 6.64. The van der Waals surface area contributed by atoms with E-state index in [1.807, 2.05) is 17.8 Å². The molecule has 0 spiro atoms. The van der Waals surface area contributed by atoms with Crippen LogP contribution in [-0.2, 0) is 0 Å². The predicted octanol–water partition coefficient (Wildman–Crippen LogP) is 3.26. The molecule has 0 aromatic carbocycles. The van der Waals surface area contributed by atoms with Crippen LogP contribution in [0.1, 0.15) is 42.6 Å². The SMILES string of the molecule is CSC1(CNc2ccnc(C(=O)O)c2)CCCCC1. The Bertz CT molecular complexity index is 445. The molecule has 19 heavy (non-hydrogen) atoms. The van der Waals surface area contributed by atoms with Gasteiger partial charge in [-0.15, -0.1) is 0 Å². The molecule has 0 unspecified atom stereocenters. The Labute approximate surface area is 118 Å². The van der Waals surface area contributed by atoms with E-state index in [9.17, 15) is 4.79 Å². The van der Waals surface area contributed by atoms with Gasteiger partial charge in [-0.2, -0.15) is 11.8 Å². The van der Waals surface area contributed by atoms with Gasteiger partial charge in [-0.25, -0.2) is 9.78 Å². The highest BCUT2D eigenvalue weighted by Crippen LogP contribution is 2.38. The lowest BCUT2D eigenvalue weighted by molar-refractivity contribution is 0.0690. The molecule has 0 saturated heterocycles. The molecule has 2 N–H and O–H groups in total. The van der Waals surface area contributed by atoms with E-state index in [1.165, 1.54) is 32.1 Å². The number of aromatic nitrogens is 1. The molecule has 1 aliphatic rings. The summed E-state index contributed by atoms with van der Waals surface area (Å²) in [5.41, 5.74) is 0.929. The third-order valence-electron chi connectivity index (χ3n) is 3.79. The Kier molecular flexibility index (Phi) is 4.69. The van der Waals surface area contributed by atoms with Gasteiger partial charge >= 0.3 is 5.97 Å². The molecule has 0 bridgehead atoms. The summed E-state index contributed by atoms with van der Waals surface area (Å²) < 4.78 is 0.297. The van der Waals surface area contributed by atoms with E-state index in [0.717, 1.165) is 12.2 Å². The van der Waals surface area contributed by atoms with Crippen LogP contribution in [-0.4, -0.2) is 33.6 Å². The van der Waals surface area contributed by atoms with Crippen molar-refractivity contribution in [3.63, 3.8) is 0 Å². The van der Waals surface area contributed by atoms with Crippen LogP contribution < -0.4 is 5.32 Å². The topological polar surface area (TPSA) is 62.2 Å². The van der Waals surface area contributed by atoms with Crippen LogP contribution in [0.3, 0.4) is 0 Å². The third kappa shape index (κ3) is 3.62. The first-order chi connectivity index (χ1) is 9.15. The van der Waals surface area contributed by atoms with Crippen LogP contribution in [0.15, 0.2) is 18.3 Å². The molecule has 1 aliphatic carbocycles. The van der Waals surface area contributed by atoms with Gasteiger partial charge < -0.3 is 10.4 Å². The van der Waals surface area contributed by atoms with Crippen molar-refractivity contribution in [1.82, 2.24) is 4.98 Å². The number of thioether (sulfide) groups is 1. The minimum Gasteiger partial charge on any atom is -0.477 e. The zero-order valence-corrected chi connectivity index (χ0v) is 12.0. The summed E-state index contributed by atoms with van der Waals surface area (Å²) in [6, 6.07) is 3.42. The maximum atomic E-state index is 10.9. The fourth-order valence-electron chi connectivity index (χ4n) is 2.57. The molecule has 4 nitrogen and oxygen atoms in total. The molecule has 0 amide bonds. The minimum atomic E-state index is -0.985. The van der Waals surface area contributed by atoms with Crippen LogP contribution >= 0.6 is 11.8 Å². The molecule has 1 aromatic rings. The van der Waals surface area contributed by atoms with Crippen molar-refractivity contribution in [2.45, 2.75) is 36.9 Å². The zero-order chi connectivity index (χ0) is 13.7. The number of nitrogens with one attached hydrogen (secondary N) is 1. The van der Waals surface area contributed by atoms with Gasteiger partial charge in [-0.1, -0.05) is 19.3 Å². The fraction of sp³-hybridized carbons (Fsp3) is 0.571. The lowest BCUT2D eigenvalue weighted by Crippen LogP contribution is -2.35. The Morgan fingerprint density at radius 2 is 2.21 bits per heavy atom. The second-order valence-corrected chi connectivity index (χ2v) is 6.31. The standard InChI is InChI=1S/C14H20N2O2S/c1-19-14(6-3-2-4-7-14)10-16-11-5-8-15-12(9-11)13(17)18/h5,8-9H,2-4,6-7,10H2,1H3,(H,15,16)(H,17,18). The first kappa shape index (κ1) is 14.2. The summed E-state index contributed by atoms with van der Waals surface area (Å²) in [7, 11) is 0. The van der Waals surface area contributed by atoms with Gasteiger partial charge in [0, 0.05) is 23.2 Å². The molecule has 1 saturated carbocycles. The van der Waals surface area contributed by atoms with Crippen molar-refractivity contribution in [3.05, 3.63) is 24.0 Å². The highest BCUT2D eigenvalue weighted by Gasteiger charge is 2.30. The third-order valence-corrected chi connectivity index (χ3v) is 5.21. The van der Waals surface area contributed by atoms with Gasteiger partial charge in [-0.3, -0.25) is 0 Å². The maximum absolute atomic E-state index is 10.9. The second kappa shape index (κ2) is 6.28. The van der Waals surface area contributed by atoms with E-state index in [0.29, 0.717) is 4.75 Å². The Morgan fingerprint density at radius 1 is 1.47 bits per heavy atom. The number of anilines is 1. The van der Waals surface area contributed by atoms with Crippen LogP contribution in [0.25, 0.3) is 0 Å². The highest BCUT2D eigenvalue weighted by molar-refractivity contribution is 8.00. The largest absolute Gasteiger partial charge is 0.477 e. The number of hydrogen-bond donors (Lipinski definition) is 2.